The Morgan fingerprint density at radius 1 is 1.44 bits per heavy atom. The molecule has 0 spiro atoms. The molecule has 1 fully saturated rings. The number of imidazole rings is 1. The van der Waals surface area contributed by atoms with Crippen molar-refractivity contribution in [1.82, 2.24) is 24.7 Å². The van der Waals surface area contributed by atoms with Crippen molar-refractivity contribution in [2.45, 2.75) is 39.4 Å². The first kappa shape index (κ1) is 19.2. The van der Waals surface area contributed by atoms with E-state index in [9.17, 15) is 9.59 Å². The minimum Gasteiger partial charge on any atom is -0.465 e. The van der Waals surface area contributed by atoms with Gasteiger partial charge in [0.1, 0.15) is 17.3 Å². The minimum absolute atomic E-state index is 0.0526. The van der Waals surface area contributed by atoms with Crippen LogP contribution >= 0.6 is 0 Å². The Hall–Kier alpha value is -2.61. The molecule has 1 aliphatic rings. The van der Waals surface area contributed by atoms with E-state index in [4.69, 9.17) is 4.42 Å². The molecular weight excluding hydrogens is 346 g/mol. The Kier molecular flexibility index (Phi) is 5.95. The predicted octanol–water partition coefficient (Wildman–Crippen LogP) is 1.06. The molecule has 27 heavy (non-hydrogen) atoms. The van der Waals surface area contributed by atoms with E-state index >= 15 is 0 Å². The second kappa shape index (κ2) is 8.39. The van der Waals surface area contributed by atoms with Gasteiger partial charge in [0.2, 0.25) is 11.8 Å². The quantitative estimate of drug-likeness (QED) is 0.785. The molecule has 3 heterocycles. The number of rotatable bonds is 7. The van der Waals surface area contributed by atoms with E-state index in [1.165, 1.54) is 0 Å². The first-order valence-electron chi connectivity index (χ1n) is 9.29. The highest BCUT2D eigenvalue weighted by Gasteiger charge is 2.33. The first-order chi connectivity index (χ1) is 13.0. The average Bonchev–Trinajstić information content (AvgIpc) is 3.23. The van der Waals surface area contributed by atoms with Crippen LogP contribution in [0.15, 0.2) is 28.9 Å². The van der Waals surface area contributed by atoms with Crippen molar-refractivity contribution < 1.29 is 14.0 Å². The number of carbonyl (C=O) groups is 2. The molecule has 1 atom stereocenters. The number of aromatic nitrogens is 2. The molecule has 3 rings (SSSR count). The zero-order valence-corrected chi connectivity index (χ0v) is 16.1. The van der Waals surface area contributed by atoms with Gasteiger partial charge in [-0.2, -0.15) is 0 Å². The van der Waals surface area contributed by atoms with Crippen LogP contribution in [0.2, 0.25) is 0 Å². The van der Waals surface area contributed by atoms with E-state index in [1.807, 2.05) is 48.7 Å². The van der Waals surface area contributed by atoms with Gasteiger partial charge < -0.3 is 19.2 Å². The highest BCUT2D eigenvalue weighted by molar-refractivity contribution is 5.88. The lowest BCUT2D eigenvalue weighted by molar-refractivity contribution is -0.139. The van der Waals surface area contributed by atoms with Crippen LogP contribution in [-0.4, -0.2) is 56.8 Å². The molecule has 2 aromatic heterocycles. The van der Waals surface area contributed by atoms with E-state index in [0.717, 1.165) is 17.3 Å². The summed E-state index contributed by atoms with van der Waals surface area (Å²) in [6.07, 6.45) is 3.72. The molecule has 0 aliphatic carbocycles. The summed E-state index contributed by atoms with van der Waals surface area (Å²) in [5.41, 5.74) is 0. The Morgan fingerprint density at radius 2 is 2.26 bits per heavy atom. The SMILES string of the molecule is CCN(Cc1nccn1C)C(=O)CC1C(=O)NCCN1Cc1ccc(C)o1. The summed E-state index contributed by atoms with van der Waals surface area (Å²) in [7, 11) is 1.91. The molecule has 0 saturated carbocycles. The molecule has 146 valence electrons. The minimum atomic E-state index is -0.493. The van der Waals surface area contributed by atoms with Gasteiger partial charge in [-0.05, 0) is 26.0 Å². The number of nitrogens with zero attached hydrogens (tertiary/aromatic N) is 4. The van der Waals surface area contributed by atoms with Crippen LogP contribution in [0.4, 0.5) is 0 Å². The molecule has 0 aromatic carbocycles. The molecule has 2 aromatic rings. The van der Waals surface area contributed by atoms with Gasteiger partial charge in [-0.1, -0.05) is 0 Å². The largest absolute Gasteiger partial charge is 0.465 e. The zero-order valence-electron chi connectivity index (χ0n) is 16.1. The summed E-state index contributed by atoms with van der Waals surface area (Å²) in [6.45, 7) is 6.62. The van der Waals surface area contributed by atoms with E-state index in [-0.39, 0.29) is 18.2 Å². The average molecular weight is 373 g/mol. The van der Waals surface area contributed by atoms with Gasteiger partial charge in [-0.25, -0.2) is 4.98 Å². The normalized spacial score (nSPS) is 17.7. The number of hydrogen-bond donors (Lipinski definition) is 1. The van der Waals surface area contributed by atoms with Crippen molar-refractivity contribution in [1.29, 1.82) is 0 Å². The smallest absolute Gasteiger partial charge is 0.237 e. The second-order valence-corrected chi connectivity index (χ2v) is 6.86. The van der Waals surface area contributed by atoms with Gasteiger partial charge in [0.15, 0.2) is 0 Å². The topological polar surface area (TPSA) is 83.6 Å². The highest BCUT2D eigenvalue weighted by atomic mass is 16.3. The Balaban J connectivity index is 1.68. The fourth-order valence-corrected chi connectivity index (χ4v) is 3.33. The standard InChI is InChI=1S/C19H27N5O3/c1-4-23(13-17-20-7-9-22(17)3)18(25)11-16-19(26)21-8-10-24(16)12-15-6-5-14(2)27-15/h5-7,9,16H,4,8,10-13H2,1-3H3,(H,21,26). The Labute approximate surface area is 159 Å². The van der Waals surface area contributed by atoms with Crippen LogP contribution < -0.4 is 5.32 Å². The molecule has 1 aliphatic heterocycles. The summed E-state index contributed by atoms with van der Waals surface area (Å²) in [4.78, 5) is 33.4. The molecule has 8 nitrogen and oxygen atoms in total. The maximum atomic E-state index is 12.9. The maximum absolute atomic E-state index is 12.9. The van der Waals surface area contributed by atoms with E-state index < -0.39 is 6.04 Å². The lowest BCUT2D eigenvalue weighted by atomic mass is 10.1. The van der Waals surface area contributed by atoms with E-state index in [0.29, 0.717) is 32.7 Å². The lowest BCUT2D eigenvalue weighted by Gasteiger charge is -2.35. The number of aryl methyl sites for hydroxylation is 2. The fourth-order valence-electron chi connectivity index (χ4n) is 3.33. The fraction of sp³-hybridized carbons (Fsp3) is 0.526. The first-order valence-corrected chi connectivity index (χ1v) is 9.29. The maximum Gasteiger partial charge on any atom is 0.237 e. The monoisotopic (exact) mass is 373 g/mol. The number of amides is 2. The third kappa shape index (κ3) is 4.57. The Morgan fingerprint density at radius 3 is 2.89 bits per heavy atom. The van der Waals surface area contributed by atoms with Crippen LogP contribution in [0.3, 0.4) is 0 Å². The predicted molar refractivity (Wildman–Crippen MR) is 99.6 cm³/mol. The molecule has 8 heteroatoms. The number of hydrogen-bond acceptors (Lipinski definition) is 5. The van der Waals surface area contributed by atoms with Crippen molar-refractivity contribution in [3.05, 3.63) is 41.9 Å². The van der Waals surface area contributed by atoms with Gasteiger partial charge in [0.05, 0.1) is 25.6 Å². The second-order valence-electron chi connectivity index (χ2n) is 6.86. The molecule has 0 bridgehead atoms. The number of piperazine rings is 1. The van der Waals surface area contributed by atoms with Crippen molar-refractivity contribution in [3.63, 3.8) is 0 Å². The van der Waals surface area contributed by atoms with Crippen LogP contribution in [0, 0.1) is 6.92 Å². The summed E-state index contributed by atoms with van der Waals surface area (Å²) in [6, 6.07) is 3.33. The highest BCUT2D eigenvalue weighted by Crippen LogP contribution is 2.17. The molecule has 1 N–H and O–H groups in total. The lowest BCUT2D eigenvalue weighted by Crippen LogP contribution is -2.56. The molecule has 0 radical (unpaired) electrons. The number of furan rings is 1. The van der Waals surface area contributed by atoms with Gasteiger partial charge in [-0.3, -0.25) is 14.5 Å². The molecule has 1 unspecified atom stereocenters. The van der Waals surface area contributed by atoms with Crippen LogP contribution in [0.1, 0.15) is 30.7 Å². The van der Waals surface area contributed by atoms with Crippen molar-refractivity contribution in [2.24, 2.45) is 7.05 Å². The van der Waals surface area contributed by atoms with E-state index in [1.54, 1.807) is 11.1 Å². The van der Waals surface area contributed by atoms with Gasteiger partial charge in [0.25, 0.3) is 0 Å². The summed E-state index contributed by atoms with van der Waals surface area (Å²) in [5.74, 6) is 2.31. The Bertz CT molecular complexity index is 797. The van der Waals surface area contributed by atoms with Gasteiger partial charge in [-0.15, -0.1) is 0 Å². The van der Waals surface area contributed by atoms with Crippen molar-refractivity contribution >= 4 is 11.8 Å². The van der Waals surface area contributed by atoms with Gasteiger partial charge in [0, 0.05) is 39.1 Å². The van der Waals surface area contributed by atoms with Crippen LogP contribution in [0.25, 0.3) is 0 Å². The number of nitrogens with one attached hydrogen (secondary N) is 1. The van der Waals surface area contributed by atoms with E-state index in [2.05, 4.69) is 10.3 Å². The van der Waals surface area contributed by atoms with Crippen LogP contribution in [0.5, 0.6) is 0 Å². The molecular formula is C19H27N5O3. The zero-order chi connectivity index (χ0) is 19.4. The molecule has 1 saturated heterocycles. The van der Waals surface area contributed by atoms with Crippen LogP contribution in [-0.2, 0) is 29.7 Å². The van der Waals surface area contributed by atoms with Crippen molar-refractivity contribution in [2.75, 3.05) is 19.6 Å². The summed E-state index contributed by atoms with van der Waals surface area (Å²) >= 11 is 0. The third-order valence-electron chi connectivity index (χ3n) is 4.95. The number of carbonyl (C=O) groups excluding carboxylic acids is 2. The third-order valence-corrected chi connectivity index (χ3v) is 4.95. The summed E-state index contributed by atoms with van der Waals surface area (Å²) in [5, 5.41) is 2.87. The molecule has 2 amide bonds. The van der Waals surface area contributed by atoms with Gasteiger partial charge >= 0.3 is 0 Å². The van der Waals surface area contributed by atoms with Crippen molar-refractivity contribution in [3.8, 4) is 0 Å². The summed E-state index contributed by atoms with van der Waals surface area (Å²) < 4.78 is 7.54.